The van der Waals surface area contributed by atoms with Crippen molar-refractivity contribution in [2.75, 3.05) is 11.9 Å². The van der Waals surface area contributed by atoms with E-state index in [4.69, 9.17) is 0 Å². The van der Waals surface area contributed by atoms with Crippen molar-refractivity contribution in [3.8, 4) is 0 Å². The van der Waals surface area contributed by atoms with Crippen molar-refractivity contribution in [1.29, 1.82) is 0 Å². The molecule has 0 spiro atoms. The standard InChI is InChI=1S/C25H27F2N3O/c1-25(2,3)19-9-7-18(8-10-19)17-30(15-13-21-6-4-5-14-28-21)24(31)29-23-12-11-20(26)16-22(23)27/h4-12,14,16H,13,15,17H2,1-3H3,(H,29,31). The van der Waals surface area contributed by atoms with E-state index in [2.05, 4.69) is 43.2 Å². The molecule has 0 bridgehead atoms. The van der Waals surface area contributed by atoms with Crippen LogP contribution < -0.4 is 5.32 Å². The predicted molar refractivity (Wildman–Crippen MR) is 119 cm³/mol. The van der Waals surface area contributed by atoms with Gasteiger partial charge in [-0.25, -0.2) is 13.6 Å². The van der Waals surface area contributed by atoms with Gasteiger partial charge in [0.15, 0.2) is 0 Å². The average molecular weight is 424 g/mol. The molecule has 3 rings (SSSR count). The molecule has 3 aromatic rings. The highest BCUT2D eigenvalue weighted by atomic mass is 19.1. The van der Waals surface area contributed by atoms with Gasteiger partial charge in [0, 0.05) is 37.5 Å². The van der Waals surface area contributed by atoms with E-state index in [0.29, 0.717) is 19.5 Å². The van der Waals surface area contributed by atoms with Crippen LogP contribution in [0.1, 0.15) is 37.6 Å². The maximum Gasteiger partial charge on any atom is 0.322 e. The van der Waals surface area contributed by atoms with Gasteiger partial charge >= 0.3 is 6.03 Å². The average Bonchev–Trinajstić information content (AvgIpc) is 2.73. The molecule has 0 fully saturated rings. The minimum atomic E-state index is -0.812. The molecule has 0 radical (unpaired) electrons. The van der Waals surface area contributed by atoms with Crippen LogP contribution in [-0.2, 0) is 18.4 Å². The summed E-state index contributed by atoms with van der Waals surface area (Å²) in [5.74, 6) is -1.51. The van der Waals surface area contributed by atoms with Crippen LogP contribution in [0, 0.1) is 11.6 Å². The molecule has 31 heavy (non-hydrogen) atoms. The second-order valence-electron chi connectivity index (χ2n) is 8.49. The van der Waals surface area contributed by atoms with Crippen molar-refractivity contribution in [2.45, 2.75) is 39.2 Å². The Bertz CT molecular complexity index is 1020. The first-order chi connectivity index (χ1) is 14.7. The van der Waals surface area contributed by atoms with Crippen molar-refractivity contribution in [3.63, 3.8) is 0 Å². The number of halogens is 2. The normalized spacial score (nSPS) is 11.3. The molecule has 162 valence electrons. The zero-order valence-electron chi connectivity index (χ0n) is 18.0. The van der Waals surface area contributed by atoms with Crippen LogP contribution >= 0.6 is 0 Å². The Balaban J connectivity index is 1.77. The van der Waals surface area contributed by atoms with Crippen LogP contribution in [0.4, 0.5) is 19.3 Å². The lowest BCUT2D eigenvalue weighted by atomic mass is 9.87. The van der Waals surface area contributed by atoms with Gasteiger partial charge in [-0.05, 0) is 40.8 Å². The topological polar surface area (TPSA) is 45.2 Å². The monoisotopic (exact) mass is 423 g/mol. The Morgan fingerprint density at radius 2 is 1.77 bits per heavy atom. The van der Waals surface area contributed by atoms with E-state index in [1.807, 2.05) is 30.3 Å². The third-order valence-corrected chi connectivity index (χ3v) is 5.02. The van der Waals surface area contributed by atoms with Crippen molar-refractivity contribution in [1.82, 2.24) is 9.88 Å². The number of rotatable bonds is 6. The van der Waals surface area contributed by atoms with E-state index in [9.17, 15) is 13.6 Å². The van der Waals surface area contributed by atoms with Gasteiger partial charge in [0.2, 0.25) is 0 Å². The van der Waals surface area contributed by atoms with Gasteiger partial charge in [-0.3, -0.25) is 4.98 Å². The highest BCUT2D eigenvalue weighted by Crippen LogP contribution is 2.23. The largest absolute Gasteiger partial charge is 0.322 e. The molecule has 1 aromatic heterocycles. The maximum absolute atomic E-state index is 14.0. The molecule has 2 aromatic carbocycles. The number of hydrogen-bond donors (Lipinski definition) is 1. The third-order valence-electron chi connectivity index (χ3n) is 5.02. The molecule has 0 saturated heterocycles. The van der Waals surface area contributed by atoms with E-state index in [1.165, 1.54) is 11.6 Å². The summed E-state index contributed by atoms with van der Waals surface area (Å²) in [5, 5.41) is 2.55. The summed E-state index contributed by atoms with van der Waals surface area (Å²) in [6, 6.07) is 16.4. The molecular weight excluding hydrogens is 396 g/mol. The van der Waals surface area contributed by atoms with Crippen LogP contribution in [0.3, 0.4) is 0 Å². The number of nitrogens with zero attached hydrogens (tertiary/aromatic N) is 2. The SMILES string of the molecule is CC(C)(C)c1ccc(CN(CCc2ccccn2)C(=O)Nc2ccc(F)cc2F)cc1. The fraction of sp³-hybridized carbons (Fsp3) is 0.280. The Labute approximate surface area is 181 Å². The molecule has 0 saturated carbocycles. The number of carbonyl (C=O) groups excluding carboxylic acids is 1. The Morgan fingerprint density at radius 3 is 2.39 bits per heavy atom. The van der Waals surface area contributed by atoms with E-state index in [1.54, 1.807) is 11.1 Å². The first-order valence-corrected chi connectivity index (χ1v) is 10.2. The molecule has 1 N–H and O–H groups in total. The number of aromatic nitrogens is 1. The lowest BCUT2D eigenvalue weighted by Gasteiger charge is -2.24. The van der Waals surface area contributed by atoms with Crippen LogP contribution in [-0.4, -0.2) is 22.5 Å². The lowest BCUT2D eigenvalue weighted by Crippen LogP contribution is -2.36. The van der Waals surface area contributed by atoms with Crippen LogP contribution in [0.25, 0.3) is 0 Å². The van der Waals surface area contributed by atoms with Crippen molar-refractivity contribution >= 4 is 11.7 Å². The molecule has 4 nitrogen and oxygen atoms in total. The number of carbonyl (C=O) groups is 1. The molecule has 2 amide bonds. The van der Waals surface area contributed by atoms with E-state index < -0.39 is 17.7 Å². The Hall–Kier alpha value is -3.28. The lowest BCUT2D eigenvalue weighted by molar-refractivity contribution is 0.209. The van der Waals surface area contributed by atoms with Crippen LogP contribution in [0.5, 0.6) is 0 Å². The predicted octanol–water partition coefficient (Wildman–Crippen LogP) is 5.93. The number of nitrogens with one attached hydrogen (secondary N) is 1. The fourth-order valence-electron chi connectivity index (χ4n) is 3.16. The summed E-state index contributed by atoms with van der Waals surface area (Å²) in [7, 11) is 0. The van der Waals surface area contributed by atoms with E-state index in [-0.39, 0.29) is 11.1 Å². The quantitative estimate of drug-likeness (QED) is 0.534. The first-order valence-electron chi connectivity index (χ1n) is 10.2. The van der Waals surface area contributed by atoms with Gasteiger partial charge < -0.3 is 10.2 Å². The molecule has 0 aliphatic rings. The zero-order valence-corrected chi connectivity index (χ0v) is 18.0. The highest BCUT2D eigenvalue weighted by molar-refractivity contribution is 5.89. The summed E-state index contributed by atoms with van der Waals surface area (Å²) in [6.07, 6.45) is 2.26. The second-order valence-corrected chi connectivity index (χ2v) is 8.49. The number of pyridine rings is 1. The molecule has 6 heteroatoms. The number of urea groups is 1. The number of benzene rings is 2. The van der Waals surface area contributed by atoms with Crippen molar-refractivity contribution in [2.24, 2.45) is 0 Å². The number of hydrogen-bond acceptors (Lipinski definition) is 2. The number of amides is 2. The Kier molecular flexibility index (Phi) is 7.00. The molecule has 1 heterocycles. The van der Waals surface area contributed by atoms with Crippen LogP contribution in [0.15, 0.2) is 66.9 Å². The van der Waals surface area contributed by atoms with Gasteiger partial charge in [0.25, 0.3) is 0 Å². The van der Waals surface area contributed by atoms with Crippen LogP contribution in [0.2, 0.25) is 0 Å². The van der Waals surface area contributed by atoms with Gasteiger partial charge in [0.05, 0.1) is 5.69 Å². The summed E-state index contributed by atoms with van der Waals surface area (Å²) in [6.45, 7) is 7.18. The molecule has 0 aliphatic carbocycles. The van der Waals surface area contributed by atoms with Gasteiger partial charge in [0.1, 0.15) is 11.6 Å². The van der Waals surface area contributed by atoms with Gasteiger partial charge in [-0.15, -0.1) is 0 Å². The molecule has 0 unspecified atom stereocenters. The van der Waals surface area contributed by atoms with E-state index in [0.717, 1.165) is 23.4 Å². The number of anilines is 1. The van der Waals surface area contributed by atoms with Gasteiger partial charge in [-0.1, -0.05) is 51.1 Å². The van der Waals surface area contributed by atoms with Crippen molar-refractivity contribution in [3.05, 3.63) is 95.3 Å². The highest BCUT2D eigenvalue weighted by Gasteiger charge is 2.18. The smallest absolute Gasteiger partial charge is 0.320 e. The van der Waals surface area contributed by atoms with E-state index >= 15 is 0 Å². The maximum atomic E-state index is 14.0. The molecule has 0 aliphatic heterocycles. The minimum Gasteiger partial charge on any atom is -0.320 e. The fourth-order valence-corrected chi connectivity index (χ4v) is 3.16. The second kappa shape index (κ2) is 9.69. The Morgan fingerprint density at radius 1 is 1.03 bits per heavy atom. The molecular formula is C25H27F2N3O. The minimum absolute atomic E-state index is 0.0364. The summed E-state index contributed by atoms with van der Waals surface area (Å²) in [5.41, 5.74) is 3.00. The van der Waals surface area contributed by atoms with Gasteiger partial charge in [-0.2, -0.15) is 0 Å². The third kappa shape index (κ3) is 6.35. The summed E-state index contributed by atoms with van der Waals surface area (Å²) >= 11 is 0. The zero-order chi connectivity index (χ0) is 22.4. The summed E-state index contributed by atoms with van der Waals surface area (Å²) in [4.78, 5) is 18.8. The van der Waals surface area contributed by atoms with Crippen molar-refractivity contribution < 1.29 is 13.6 Å². The summed E-state index contributed by atoms with van der Waals surface area (Å²) < 4.78 is 27.2. The molecule has 0 atom stereocenters. The first kappa shape index (κ1) is 22.4.